The van der Waals surface area contributed by atoms with E-state index in [1.807, 2.05) is 6.07 Å². The first kappa shape index (κ1) is 20.8. The van der Waals surface area contributed by atoms with E-state index >= 15 is 0 Å². The van der Waals surface area contributed by atoms with Gasteiger partial charge in [-0.25, -0.2) is 14.6 Å². The van der Waals surface area contributed by atoms with Gasteiger partial charge in [-0.3, -0.25) is 0 Å². The molecule has 2 aromatic rings. The van der Waals surface area contributed by atoms with E-state index in [0.29, 0.717) is 17.0 Å². The van der Waals surface area contributed by atoms with Crippen LogP contribution in [-0.2, 0) is 35.2 Å². The minimum atomic E-state index is -0.540. The minimum absolute atomic E-state index is 0.0949. The third-order valence-electron chi connectivity index (χ3n) is 5.07. The molecular weight excluding hydrogens is 372 g/mol. The third kappa shape index (κ3) is 4.91. The Morgan fingerprint density at radius 1 is 0.931 bits per heavy atom. The van der Waals surface area contributed by atoms with Gasteiger partial charge >= 0.3 is 17.6 Å². The van der Waals surface area contributed by atoms with Gasteiger partial charge in [0.05, 0.1) is 13.2 Å². The Kier molecular flexibility index (Phi) is 6.80. The molecule has 0 amide bonds. The van der Waals surface area contributed by atoms with Gasteiger partial charge in [0.1, 0.15) is 5.69 Å². The van der Waals surface area contributed by atoms with Crippen molar-refractivity contribution < 1.29 is 23.8 Å². The number of nitrogens with zero attached hydrogens (tertiary/aromatic N) is 2. The van der Waals surface area contributed by atoms with Crippen LogP contribution in [0.5, 0.6) is 0 Å². The Morgan fingerprint density at radius 3 is 2.21 bits per heavy atom. The Hall–Kier alpha value is -2.96. The number of fused-ring (bicyclic) bond motifs is 2. The van der Waals surface area contributed by atoms with Crippen molar-refractivity contribution in [2.75, 3.05) is 13.2 Å². The Labute approximate surface area is 170 Å². The number of pyridine rings is 2. The van der Waals surface area contributed by atoms with Crippen LogP contribution in [0.1, 0.15) is 69.9 Å². The molecule has 2 aliphatic carbocycles. The second-order valence-corrected chi connectivity index (χ2v) is 7.02. The van der Waals surface area contributed by atoms with Gasteiger partial charge < -0.3 is 14.7 Å². The van der Waals surface area contributed by atoms with Crippen LogP contribution in [0.3, 0.4) is 0 Å². The van der Waals surface area contributed by atoms with Crippen molar-refractivity contribution in [2.24, 2.45) is 0 Å². The van der Waals surface area contributed by atoms with Crippen LogP contribution in [0.2, 0.25) is 0 Å². The lowest BCUT2D eigenvalue weighted by molar-refractivity contribution is -0.608. The lowest BCUT2D eigenvalue weighted by Gasteiger charge is -2.06. The molecule has 0 aliphatic heterocycles. The van der Waals surface area contributed by atoms with Crippen LogP contribution < -0.4 is 4.73 Å². The number of hydrogen-bond donors (Lipinski definition) is 0. The van der Waals surface area contributed by atoms with E-state index in [2.05, 4.69) is 4.98 Å². The Morgan fingerprint density at radius 2 is 1.52 bits per heavy atom. The summed E-state index contributed by atoms with van der Waals surface area (Å²) in [5.74, 6) is -0.857. The fourth-order valence-corrected chi connectivity index (χ4v) is 3.67. The average molecular weight is 398 g/mol. The summed E-state index contributed by atoms with van der Waals surface area (Å²) in [5.41, 5.74) is 5.22. The van der Waals surface area contributed by atoms with E-state index in [9.17, 15) is 14.8 Å². The molecular formula is C22H26N2O5. The van der Waals surface area contributed by atoms with Crippen LogP contribution in [-0.4, -0.2) is 30.1 Å². The maximum absolute atomic E-state index is 11.5. The number of esters is 2. The number of aryl methyl sites for hydroxylation is 4. The maximum Gasteiger partial charge on any atom is 0.405 e. The lowest BCUT2D eigenvalue weighted by Crippen LogP contribution is -2.35. The van der Waals surface area contributed by atoms with Crippen molar-refractivity contribution in [3.05, 3.63) is 63.4 Å². The summed E-state index contributed by atoms with van der Waals surface area (Å²) in [6.07, 6.45) is 9.55. The normalized spacial score (nSPS) is 13.7. The largest absolute Gasteiger partial charge is 0.618 e. The van der Waals surface area contributed by atoms with E-state index in [-0.39, 0.29) is 18.3 Å². The van der Waals surface area contributed by atoms with Crippen molar-refractivity contribution >= 4 is 11.9 Å². The Bertz CT molecular complexity index is 910. The SMILES string of the molecule is CCOC(=O)c1cc2c(c[n+]1[O-])CCC2.CCOC(=O)c1cc2c(cn1)CCC2. The molecule has 2 aromatic heterocycles. The van der Waals surface area contributed by atoms with E-state index in [1.54, 1.807) is 26.1 Å². The second kappa shape index (κ2) is 9.49. The topological polar surface area (TPSA) is 92.4 Å². The minimum Gasteiger partial charge on any atom is -0.618 e. The van der Waals surface area contributed by atoms with Gasteiger partial charge in [0, 0.05) is 17.8 Å². The molecule has 0 aromatic carbocycles. The summed E-state index contributed by atoms with van der Waals surface area (Å²) >= 11 is 0. The first-order valence-electron chi connectivity index (χ1n) is 10.1. The molecule has 154 valence electrons. The fourth-order valence-electron chi connectivity index (χ4n) is 3.67. The number of ether oxygens (including phenoxy) is 2. The highest BCUT2D eigenvalue weighted by Gasteiger charge is 2.23. The molecule has 0 atom stereocenters. The molecule has 2 aliphatic rings. The molecule has 0 saturated carbocycles. The van der Waals surface area contributed by atoms with Gasteiger partial charge in [0.15, 0.2) is 6.20 Å². The quantitative estimate of drug-likeness (QED) is 0.447. The monoisotopic (exact) mass is 398 g/mol. The smallest absolute Gasteiger partial charge is 0.405 e. The van der Waals surface area contributed by atoms with Gasteiger partial charge in [-0.1, -0.05) is 0 Å². The van der Waals surface area contributed by atoms with Crippen LogP contribution in [0.4, 0.5) is 0 Å². The summed E-state index contributed by atoms with van der Waals surface area (Å²) < 4.78 is 10.3. The molecule has 0 N–H and O–H groups in total. The predicted octanol–water partition coefficient (Wildman–Crippen LogP) is 2.73. The molecule has 7 heteroatoms. The Balaban J connectivity index is 0.000000166. The number of carbonyl (C=O) groups is 2. The first-order chi connectivity index (χ1) is 14.0. The zero-order valence-electron chi connectivity index (χ0n) is 16.9. The summed E-state index contributed by atoms with van der Waals surface area (Å²) in [5, 5.41) is 11.5. The molecule has 4 rings (SSSR count). The van der Waals surface area contributed by atoms with Gasteiger partial charge in [-0.15, -0.1) is 0 Å². The van der Waals surface area contributed by atoms with E-state index in [0.717, 1.165) is 43.2 Å². The molecule has 0 unspecified atom stereocenters. The summed E-state index contributed by atoms with van der Waals surface area (Å²) in [7, 11) is 0. The summed E-state index contributed by atoms with van der Waals surface area (Å²) in [4.78, 5) is 26.9. The maximum atomic E-state index is 11.5. The zero-order valence-corrected chi connectivity index (χ0v) is 16.9. The lowest BCUT2D eigenvalue weighted by atomic mass is 10.1. The summed E-state index contributed by atoms with van der Waals surface area (Å²) in [6, 6.07) is 3.52. The van der Waals surface area contributed by atoms with Crippen molar-refractivity contribution in [1.82, 2.24) is 4.98 Å². The van der Waals surface area contributed by atoms with Crippen molar-refractivity contribution in [1.29, 1.82) is 0 Å². The second-order valence-electron chi connectivity index (χ2n) is 7.02. The van der Waals surface area contributed by atoms with Crippen molar-refractivity contribution in [2.45, 2.75) is 52.4 Å². The molecule has 0 spiro atoms. The molecule has 2 heterocycles. The highest BCUT2D eigenvalue weighted by Crippen LogP contribution is 2.22. The van der Waals surface area contributed by atoms with Gasteiger partial charge in [-0.05, 0) is 75.1 Å². The molecule has 29 heavy (non-hydrogen) atoms. The van der Waals surface area contributed by atoms with E-state index in [1.165, 1.54) is 23.7 Å². The van der Waals surface area contributed by atoms with Crippen LogP contribution in [0.25, 0.3) is 0 Å². The van der Waals surface area contributed by atoms with E-state index in [4.69, 9.17) is 9.47 Å². The van der Waals surface area contributed by atoms with Gasteiger partial charge in [0.25, 0.3) is 0 Å². The third-order valence-corrected chi connectivity index (χ3v) is 5.07. The number of carbonyl (C=O) groups excluding carboxylic acids is 2. The van der Waals surface area contributed by atoms with Crippen LogP contribution in [0, 0.1) is 5.21 Å². The molecule has 0 radical (unpaired) electrons. The number of hydrogen-bond acceptors (Lipinski definition) is 6. The van der Waals surface area contributed by atoms with Crippen LogP contribution >= 0.6 is 0 Å². The standard InChI is InChI=1S/C11H13NO3.C11H13NO2/c1-2-15-11(13)10-6-8-4-3-5-9(8)7-12(10)14;1-2-14-11(13)10-6-8-4-3-5-9(8)7-12-10/h6-7H,2-5H2,1H3;6-7H,2-5H2,1H3. The predicted molar refractivity (Wildman–Crippen MR) is 106 cm³/mol. The van der Waals surface area contributed by atoms with Gasteiger partial charge in [-0.2, -0.15) is 4.73 Å². The summed E-state index contributed by atoms with van der Waals surface area (Å²) in [6.45, 7) is 4.21. The molecule has 0 bridgehead atoms. The average Bonchev–Trinajstić information content (AvgIpc) is 3.36. The molecule has 0 fully saturated rings. The number of aromatic nitrogens is 2. The van der Waals surface area contributed by atoms with Gasteiger partial charge in [0.2, 0.25) is 0 Å². The molecule has 0 saturated heterocycles. The highest BCUT2D eigenvalue weighted by atomic mass is 16.5. The first-order valence-corrected chi connectivity index (χ1v) is 10.1. The van der Waals surface area contributed by atoms with Crippen molar-refractivity contribution in [3.63, 3.8) is 0 Å². The molecule has 7 nitrogen and oxygen atoms in total. The highest BCUT2D eigenvalue weighted by molar-refractivity contribution is 5.87. The van der Waals surface area contributed by atoms with Crippen LogP contribution in [0.15, 0.2) is 24.5 Å². The van der Waals surface area contributed by atoms with E-state index < -0.39 is 5.97 Å². The number of rotatable bonds is 4. The van der Waals surface area contributed by atoms with Crippen molar-refractivity contribution in [3.8, 4) is 0 Å². The zero-order chi connectivity index (χ0) is 20.8. The fraction of sp³-hybridized carbons (Fsp3) is 0.455.